The molecule has 138 valence electrons. The van der Waals surface area contributed by atoms with Crippen LogP contribution < -0.4 is 19.5 Å². The summed E-state index contributed by atoms with van der Waals surface area (Å²) >= 11 is 0. The van der Waals surface area contributed by atoms with E-state index in [1.54, 1.807) is 14.2 Å². The fourth-order valence-corrected chi connectivity index (χ4v) is 2.33. The van der Waals surface area contributed by atoms with Gasteiger partial charge in [-0.2, -0.15) is 0 Å². The summed E-state index contributed by atoms with van der Waals surface area (Å²) in [6, 6.07) is 13.5. The quantitative estimate of drug-likeness (QED) is 0.713. The van der Waals surface area contributed by atoms with Crippen LogP contribution in [0.4, 0.5) is 0 Å². The third kappa shape index (κ3) is 6.82. The predicted octanol–water partition coefficient (Wildman–Crippen LogP) is 2.96. The monoisotopic (exact) mass is 367 g/mol. The maximum Gasteiger partial charge on any atom is 0.161 e. The van der Waals surface area contributed by atoms with E-state index < -0.39 is 6.10 Å². The van der Waals surface area contributed by atoms with Crippen LogP contribution in [-0.2, 0) is 6.54 Å². The van der Waals surface area contributed by atoms with Crippen LogP contribution in [-0.4, -0.2) is 38.6 Å². The Labute approximate surface area is 155 Å². The Morgan fingerprint density at radius 1 is 1.04 bits per heavy atom. The van der Waals surface area contributed by atoms with Gasteiger partial charge in [0.1, 0.15) is 18.5 Å². The van der Waals surface area contributed by atoms with E-state index in [1.165, 1.54) is 0 Å². The summed E-state index contributed by atoms with van der Waals surface area (Å²) in [5, 5.41) is 13.2. The molecule has 2 aromatic rings. The van der Waals surface area contributed by atoms with Crippen molar-refractivity contribution in [2.75, 3.05) is 27.4 Å². The molecule has 2 N–H and O–H groups in total. The van der Waals surface area contributed by atoms with Crippen molar-refractivity contribution >= 4 is 12.4 Å². The van der Waals surface area contributed by atoms with Gasteiger partial charge in [0, 0.05) is 13.1 Å². The number of nitrogens with one attached hydrogen (secondary N) is 1. The topological polar surface area (TPSA) is 60.0 Å². The van der Waals surface area contributed by atoms with Crippen molar-refractivity contribution in [2.24, 2.45) is 0 Å². The van der Waals surface area contributed by atoms with E-state index in [-0.39, 0.29) is 19.0 Å². The lowest BCUT2D eigenvalue weighted by Crippen LogP contribution is -2.31. The summed E-state index contributed by atoms with van der Waals surface area (Å²) in [7, 11) is 3.22. The Morgan fingerprint density at radius 2 is 1.80 bits per heavy atom. The molecule has 0 aromatic heterocycles. The Hall–Kier alpha value is -1.95. The van der Waals surface area contributed by atoms with Crippen LogP contribution >= 0.6 is 12.4 Å². The zero-order chi connectivity index (χ0) is 17.4. The van der Waals surface area contributed by atoms with E-state index in [0.717, 1.165) is 16.9 Å². The van der Waals surface area contributed by atoms with Crippen LogP contribution in [0.5, 0.6) is 17.2 Å². The number of hydrogen-bond acceptors (Lipinski definition) is 5. The molecule has 0 aliphatic rings. The van der Waals surface area contributed by atoms with Crippen LogP contribution in [0.15, 0.2) is 42.5 Å². The number of halogens is 1. The standard InChI is InChI=1S/C19H25NO4.ClH/c1-14-5-4-6-17(9-14)24-13-16(21)12-20-11-15-7-8-18(22-2)19(10-15)23-3;/h4-10,16,20-21H,11-13H2,1-3H3;1H. The van der Waals surface area contributed by atoms with E-state index in [1.807, 2.05) is 49.4 Å². The molecule has 0 aliphatic heterocycles. The lowest BCUT2D eigenvalue weighted by molar-refractivity contribution is 0.106. The average Bonchev–Trinajstić information content (AvgIpc) is 2.60. The fourth-order valence-electron chi connectivity index (χ4n) is 2.33. The number of benzene rings is 2. The molecule has 0 heterocycles. The summed E-state index contributed by atoms with van der Waals surface area (Å²) in [5.41, 5.74) is 2.19. The van der Waals surface area contributed by atoms with Crippen molar-refractivity contribution in [1.82, 2.24) is 5.32 Å². The van der Waals surface area contributed by atoms with Gasteiger partial charge in [-0.25, -0.2) is 0 Å². The van der Waals surface area contributed by atoms with Crippen molar-refractivity contribution < 1.29 is 19.3 Å². The third-order valence-corrected chi connectivity index (χ3v) is 3.59. The van der Waals surface area contributed by atoms with Gasteiger partial charge >= 0.3 is 0 Å². The first-order valence-corrected chi connectivity index (χ1v) is 7.91. The second kappa shape index (κ2) is 10.8. The Bertz CT molecular complexity index is 651. The van der Waals surface area contributed by atoms with Crippen molar-refractivity contribution in [2.45, 2.75) is 19.6 Å². The minimum absolute atomic E-state index is 0. The zero-order valence-electron chi connectivity index (χ0n) is 14.8. The summed E-state index contributed by atoms with van der Waals surface area (Å²) in [4.78, 5) is 0. The summed E-state index contributed by atoms with van der Waals surface area (Å²) in [5.74, 6) is 2.17. The van der Waals surface area contributed by atoms with E-state index in [9.17, 15) is 5.11 Å². The van der Waals surface area contributed by atoms with Gasteiger partial charge in [0.2, 0.25) is 0 Å². The van der Waals surface area contributed by atoms with Crippen molar-refractivity contribution in [3.63, 3.8) is 0 Å². The highest BCUT2D eigenvalue weighted by Crippen LogP contribution is 2.27. The van der Waals surface area contributed by atoms with Gasteiger partial charge in [-0.3, -0.25) is 0 Å². The van der Waals surface area contributed by atoms with Gasteiger partial charge in [0.15, 0.2) is 11.5 Å². The Balaban J connectivity index is 0.00000312. The fraction of sp³-hybridized carbons (Fsp3) is 0.368. The molecule has 0 aliphatic carbocycles. The van der Waals surface area contributed by atoms with Crippen molar-refractivity contribution in [3.8, 4) is 17.2 Å². The third-order valence-electron chi connectivity index (χ3n) is 3.59. The van der Waals surface area contributed by atoms with Gasteiger partial charge in [-0.05, 0) is 42.3 Å². The molecule has 0 saturated carbocycles. The summed E-state index contributed by atoms with van der Waals surface area (Å²) < 4.78 is 16.1. The Kier molecular flexibility index (Phi) is 9.13. The zero-order valence-corrected chi connectivity index (χ0v) is 15.6. The van der Waals surface area contributed by atoms with Crippen LogP contribution in [0, 0.1) is 6.92 Å². The molecular formula is C19H26ClNO4. The van der Waals surface area contributed by atoms with E-state index in [2.05, 4.69) is 5.32 Å². The highest BCUT2D eigenvalue weighted by Gasteiger charge is 2.07. The van der Waals surface area contributed by atoms with Gasteiger partial charge in [-0.1, -0.05) is 18.2 Å². The first-order valence-electron chi connectivity index (χ1n) is 7.91. The van der Waals surface area contributed by atoms with Crippen LogP contribution in [0.2, 0.25) is 0 Å². The van der Waals surface area contributed by atoms with Crippen LogP contribution in [0.3, 0.4) is 0 Å². The molecule has 0 spiro atoms. The molecule has 1 atom stereocenters. The average molecular weight is 368 g/mol. The minimum atomic E-state index is -0.578. The van der Waals surface area contributed by atoms with Gasteiger partial charge in [0.05, 0.1) is 14.2 Å². The molecule has 0 amide bonds. The first-order chi connectivity index (χ1) is 11.6. The van der Waals surface area contributed by atoms with Crippen LogP contribution in [0.1, 0.15) is 11.1 Å². The molecule has 2 rings (SSSR count). The second-order valence-electron chi connectivity index (χ2n) is 5.60. The first kappa shape index (κ1) is 21.1. The van der Waals surface area contributed by atoms with Crippen molar-refractivity contribution in [3.05, 3.63) is 53.6 Å². The maximum absolute atomic E-state index is 10.0. The molecule has 0 bridgehead atoms. The predicted molar refractivity (Wildman–Crippen MR) is 101 cm³/mol. The second-order valence-corrected chi connectivity index (χ2v) is 5.60. The van der Waals surface area contributed by atoms with E-state index >= 15 is 0 Å². The number of ether oxygens (including phenoxy) is 3. The number of aliphatic hydroxyl groups is 1. The maximum atomic E-state index is 10.0. The van der Waals surface area contributed by atoms with Gasteiger partial charge in [0.25, 0.3) is 0 Å². The number of hydrogen-bond donors (Lipinski definition) is 2. The Morgan fingerprint density at radius 3 is 2.48 bits per heavy atom. The lowest BCUT2D eigenvalue weighted by atomic mass is 10.2. The van der Waals surface area contributed by atoms with Crippen molar-refractivity contribution in [1.29, 1.82) is 0 Å². The summed E-state index contributed by atoms with van der Waals surface area (Å²) in [6.45, 7) is 3.33. The highest BCUT2D eigenvalue weighted by molar-refractivity contribution is 5.85. The minimum Gasteiger partial charge on any atom is -0.493 e. The molecule has 6 heteroatoms. The highest BCUT2D eigenvalue weighted by atomic mass is 35.5. The largest absolute Gasteiger partial charge is 0.493 e. The molecular weight excluding hydrogens is 342 g/mol. The number of methoxy groups -OCH3 is 2. The molecule has 0 saturated heterocycles. The van der Waals surface area contributed by atoms with E-state index in [4.69, 9.17) is 14.2 Å². The molecule has 25 heavy (non-hydrogen) atoms. The molecule has 0 radical (unpaired) electrons. The normalized spacial score (nSPS) is 11.4. The number of aliphatic hydroxyl groups excluding tert-OH is 1. The van der Waals surface area contributed by atoms with Gasteiger partial charge in [-0.15, -0.1) is 12.4 Å². The summed E-state index contributed by atoms with van der Waals surface area (Å²) in [6.07, 6.45) is -0.578. The number of aryl methyl sites for hydroxylation is 1. The lowest BCUT2D eigenvalue weighted by Gasteiger charge is -2.14. The smallest absolute Gasteiger partial charge is 0.161 e. The van der Waals surface area contributed by atoms with E-state index in [0.29, 0.717) is 24.6 Å². The SMILES string of the molecule is COc1ccc(CNCC(O)COc2cccc(C)c2)cc1OC.Cl. The van der Waals surface area contributed by atoms with Crippen LogP contribution in [0.25, 0.3) is 0 Å². The molecule has 2 aromatic carbocycles. The molecule has 0 fully saturated rings. The molecule has 5 nitrogen and oxygen atoms in total. The molecule has 1 unspecified atom stereocenters. The van der Waals surface area contributed by atoms with Gasteiger partial charge < -0.3 is 24.6 Å². The number of rotatable bonds is 9.